The molecule has 2 aromatic rings. The van der Waals surface area contributed by atoms with Gasteiger partial charge in [0, 0.05) is 25.0 Å². The zero-order chi connectivity index (χ0) is 13.8. The first-order valence-corrected chi connectivity index (χ1v) is 6.03. The molecule has 1 amide bonds. The molecular weight excluding hydrogens is 242 g/mol. The molecule has 2 atom stereocenters. The first-order valence-electron chi connectivity index (χ1n) is 6.03. The summed E-state index contributed by atoms with van der Waals surface area (Å²) in [5.74, 6) is -0.244. The summed E-state index contributed by atoms with van der Waals surface area (Å²) in [7, 11) is 1.78. The Kier molecular flexibility index (Phi) is 3.91. The van der Waals surface area contributed by atoms with Crippen LogP contribution in [-0.4, -0.2) is 20.7 Å². The second-order valence-electron chi connectivity index (χ2n) is 4.41. The molecular formula is C13H17N5O. The number of amides is 1. The van der Waals surface area contributed by atoms with Gasteiger partial charge in [0.25, 0.3) is 0 Å². The quantitative estimate of drug-likeness (QED) is 0.846. The van der Waals surface area contributed by atoms with Crippen LogP contribution in [0.25, 0.3) is 0 Å². The minimum absolute atomic E-state index is 0.184. The molecule has 0 radical (unpaired) electrons. The van der Waals surface area contributed by atoms with Crippen molar-refractivity contribution in [2.75, 3.05) is 0 Å². The topological polar surface area (TPSA) is 85.8 Å². The number of nitrogens with two attached hydrogens (primary N) is 1. The van der Waals surface area contributed by atoms with E-state index in [1.807, 2.05) is 25.1 Å². The third kappa shape index (κ3) is 3.17. The van der Waals surface area contributed by atoms with Crippen LogP contribution < -0.4 is 11.1 Å². The monoisotopic (exact) mass is 259 g/mol. The average Bonchev–Trinajstić information content (AvgIpc) is 2.85. The van der Waals surface area contributed by atoms with Crippen LogP contribution in [0.2, 0.25) is 0 Å². The first kappa shape index (κ1) is 13.2. The maximum absolute atomic E-state index is 12.0. The number of carbonyl (C=O) groups excluding carboxylic acids is 1. The summed E-state index contributed by atoms with van der Waals surface area (Å²) in [6, 6.07) is 4.67. The fourth-order valence-electron chi connectivity index (χ4n) is 1.76. The van der Waals surface area contributed by atoms with E-state index in [9.17, 15) is 4.79 Å². The van der Waals surface area contributed by atoms with Gasteiger partial charge in [0.1, 0.15) is 6.04 Å². The zero-order valence-electron chi connectivity index (χ0n) is 10.9. The van der Waals surface area contributed by atoms with Crippen molar-refractivity contribution in [3.05, 3.63) is 48.0 Å². The average molecular weight is 259 g/mol. The van der Waals surface area contributed by atoms with Crippen LogP contribution >= 0.6 is 0 Å². The number of nitrogens with zero attached hydrogens (tertiary/aromatic N) is 3. The van der Waals surface area contributed by atoms with Crippen LogP contribution in [0.3, 0.4) is 0 Å². The Bertz CT molecular complexity index is 551. The number of aryl methyl sites for hydroxylation is 1. The van der Waals surface area contributed by atoms with Gasteiger partial charge in [0.05, 0.1) is 17.9 Å². The number of rotatable bonds is 4. The molecule has 0 saturated heterocycles. The lowest BCUT2D eigenvalue weighted by molar-refractivity contribution is -0.123. The van der Waals surface area contributed by atoms with Gasteiger partial charge >= 0.3 is 0 Å². The molecule has 2 aromatic heterocycles. The van der Waals surface area contributed by atoms with Crippen molar-refractivity contribution in [2.24, 2.45) is 12.8 Å². The molecule has 6 nitrogen and oxygen atoms in total. The second-order valence-corrected chi connectivity index (χ2v) is 4.41. The third-order valence-electron chi connectivity index (χ3n) is 2.86. The van der Waals surface area contributed by atoms with Crippen molar-refractivity contribution in [1.29, 1.82) is 0 Å². The van der Waals surface area contributed by atoms with E-state index in [0.29, 0.717) is 5.56 Å². The van der Waals surface area contributed by atoms with E-state index in [0.717, 1.165) is 5.69 Å². The summed E-state index contributed by atoms with van der Waals surface area (Å²) in [5, 5.41) is 6.84. The number of carbonyl (C=O) groups is 1. The highest BCUT2D eigenvalue weighted by Gasteiger charge is 2.19. The second kappa shape index (κ2) is 5.62. The van der Waals surface area contributed by atoms with Crippen molar-refractivity contribution in [2.45, 2.75) is 19.0 Å². The third-order valence-corrected chi connectivity index (χ3v) is 2.86. The number of aromatic nitrogens is 3. The maximum atomic E-state index is 12.0. The van der Waals surface area contributed by atoms with Crippen molar-refractivity contribution in [3.63, 3.8) is 0 Å². The Morgan fingerprint density at radius 3 is 2.84 bits per heavy atom. The van der Waals surface area contributed by atoms with Crippen LogP contribution in [0, 0.1) is 0 Å². The van der Waals surface area contributed by atoms with Crippen molar-refractivity contribution >= 4 is 5.91 Å². The normalized spacial score (nSPS) is 13.8. The summed E-state index contributed by atoms with van der Waals surface area (Å²) >= 11 is 0. The van der Waals surface area contributed by atoms with Gasteiger partial charge < -0.3 is 11.1 Å². The van der Waals surface area contributed by atoms with Gasteiger partial charge in [0.2, 0.25) is 5.91 Å². The van der Waals surface area contributed by atoms with Crippen LogP contribution in [0.1, 0.15) is 30.3 Å². The zero-order valence-corrected chi connectivity index (χ0v) is 10.9. The molecule has 100 valence electrons. The Morgan fingerprint density at radius 2 is 2.26 bits per heavy atom. The molecule has 0 aliphatic heterocycles. The Hall–Kier alpha value is -2.21. The lowest BCUT2D eigenvalue weighted by Gasteiger charge is -2.16. The predicted octanol–water partition coefficient (Wildman–Crippen LogP) is 0.692. The molecule has 0 saturated carbocycles. The van der Waals surface area contributed by atoms with Gasteiger partial charge in [-0.2, -0.15) is 5.10 Å². The van der Waals surface area contributed by atoms with Crippen LogP contribution in [0.5, 0.6) is 0 Å². The first-order chi connectivity index (χ1) is 9.08. The summed E-state index contributed by atoms with van der Waals surface area (Å²) in [5.41, 5.74) is 7.38. The van der Waals surface area contributed by atoms with Crippen molar-refractivity contribution in [1.82, 2.24) is 20.1 Å². The fraction of sp³-hybridized carbons (Fsp3) is 0.308. The molecule has 3 N–H and O–H groups in total. The van der Waals surface area contributed by atoms with E-state index in [1.165, 1.54) is 0 Å². The van der Waals surface area contributed by atoms with Gasteiger partial charge in [-0.25, -0.2) is 0 Å². The van der Waals surface area contributed by atoms with E-state index < -0.39 is 6.04 Å². The summed E-state index contributed by atoms with van der Waals surface area (Å²) in [6.07, 6.45) is 5.02. The molecule has 6 heteroatoms. The lowest BCUT2D eigenvalue weighted by atomic mass is 10.1. The highest BCUT2D eigenvalue weighted by atomic mass is 16.2. The molecule has 0 spiro atoms. The van der Waals surface area contributed by atoms with Crippen LogP contribution in [0.4, 0.5) is 0 Å². The minimum atomic E-state index is -0.722. The number of nitrogens with one attached hydrogen (secondary N) is 1. The molecule has 1 unspecified atom stereocenters. The maximum Gasteiger partial charge on any atom is 0.242 e. The molecule has 0 aliphatic carbocycles. The SMILES string of the molecule is C[C@@H](NC(=O)C(N)c1cnn(C)c1)c1ccccn1. The number of hydrogen-bond acceptors (Lipinski definition) is 4. The van der Waals surface area contributed by atoms with Crippen LogP contribution in [0.15, 0.2) is 36.8 Å². The highest BCUT2D eigenvalue weighted by molar-refractivity contribution is 5.83. The minimum Gasteiger partial charge on any atom is -0.346 e. The van der Waals surface area contributed by atoms with Crippen molar-refractivity contribution < 1.29 is 4.79 Å². The van der Waals surface area contributed by atoms with Gasteiger partial charge in [-0.15, -0.1) is 0 Å². The smallest absolute Gasteiger partial charge is 0.242 e. The van der Waals surface area contributed by atoms with Gasteiger partial charge in [-0.1, -0.05) is 6.07 Å². The van der Waals surface area contributed by atoms with Gasteiger partial charge in [-0.05, 0) is 19.1 Å². The summed E-state index contributed by atoms with van der Waals surface area (Å²) in [6.45, 7) is 1.87. The molecule has 2 rings (SSSR count). The summed E-state index contributed by atoms with van der Waals surface area (Å²) in [4.78, 5) is 16.2. The molecule has 0 aromatic carbocycles. The van der Waals surface area contributed by atoms with E-state index >= 15 is 0 Å². The van der Waals surface area contributed by atoms with E-state index in [2.05, 4.69) is 15.4 Å². The van der Waals surface area contributed by atoms with Crippen molar-refractivity contribution in [3.8, 4) is 0 Å². The Balaban J connectivity index is 2.01. The van der Waals surface area contributed by atoms with E-state index in [4.69, 9.17) is 5.73 Å². The molecule has 0 aliphatic rings. The Labute approximate surface area is 111 Å². The van der Waals surface area contributed by atoms with Crippen LogP contribution in [-0.2, 0) is 11.8 Å². The lowest BCUT2D eigenvalue weighted by Crippen LogP contribution is -2.35. The number of hydrogen-bond donors (Lipinski definition) is 2. The van der Waals surface area contributed by atoms with Gasteiger partial charge in [-0.3, -0.25) is 14.5 Å². The van der Waals surface area contributed by atoms with E-state index in [-0.39, 0.29) is 11.9 Å². The van der Waals surface area contributed by atoms with Gasteiger partial charge in [0.15, 0.2) is 0 Å². The highest BCUT2D eigenvalue weighted by Crippen LogP contribution is 2.12. The predicted molar refractivity (Wildman–Crippen MR) is 70.9 cm³/mol. The molecule has 2 heterocycles. The number of pyridine rings is 1. The molecule has 0 fully saturated rings. The largest absolute Gasteiger partial charge is 0.346 e. The standard InChI is InChI=1S/C13H17N5O/c1-9(11-5-3-4-6-15-11)17-13(19)12(14)10-7-16-18(2)8-10/h3-9,12H,14H2,1-2H3,(H,17,19)/t9-,12?/m1/s1. The Morgan fingerprint density at radius 1 is 1.47 bits per heavy atom. The molecule has 19 heavy (non-hydrogen) atoms. The molecule has 0 bridgehead atoms. The van der Waals surface area contributed by atoms with E-state index in [1.54, 1.807) is 30.3 Å². The fourth-order valence-corrected chi connectivity index (χ4v) is 1.76. The summed E-state index contributed by atoms with van der Waals surface area (Å²) < 4.78 is 1.62.